The third-order valence-corrected chi connectivity index (χ3v) is 4.93. The van der Waals surface area contributed by atoms with E-state index in [4.69, 9.17) is 0 Å². The maximum absolute atomic E-state index is 14.2. The molecule has 3 rings (SSSR count). The Balaban J connectivity index is 1.73. The third-order valence-electron chi connectivity index (χ3n) is 3.99. The standard InChI is InChI=1S/C15H19F2N3OS/c16-12-9-11(18-15(21)20-5-7-22-8-6-20)10-13(17)14(12)19-3-1-2-4-19/h9-10H,1-8H2,(H,18,21). The summed E-state index contributed by atoms with van der Waals surface area (Å²) in [6.07, 6.45) is 1.90. The fourth-order valence-corrected chi connectivity index (χ4v) is 3.75. The Bertz CT molecular complexity index is 535. The van der Waals surface area contributed by atoms with Gasteiger partial charge in [-0.1, -0.05) is 0 Å². The van der Waals surface area contributed by atoms with Crippen molar-refractivity contribution < 1.29 is 13.6 Å². The number of amides is 2. The predicted octanol–water partition coefficient (Wildman–Crippen LogP) is 3.15. The van der Waals surface area contributed by atoms with Crippen LogP contribution >= 0.6 is 11.8 Å². The summed E-state index contributed by atoms with van der Waals surface area (Å²) in [6, 6.07) is 2.11. The molecular weight excluding hydrogens is 308 g/mol. The van der Waals surface area contributed by atoms with E-state index in [1.807, 2.05) is 0 Å². The molecule has 0 spiro atoms. The van der Waals surface area contributed by atoms with Crippen LogP contribution in [0.4, 0.5) is 25.0 Å². The van der Waals surface area contributed by atoms with Gasteiger partial charge in [0.25, 0.3) is 0 Å². The summed E-state index contributed by atoms with van der Waals surface area (Å²) in [5.74, 6) is 0.548. The van der Waals surface area contributed by atoms with Gasteiger partial charge in [0, 0.05) is 43.4 Å². The van der Waals surface area contributed by atoms with E-state index < -0.39 is 11.6 Å². The number of thioether (sulfide) groups is 1. The molecule has 7 heteroatoms. The molecule has 0 saturated carbocycles. The van der Waals surface area contributed by atoms with Crippen LogP contribution in [0.3, 0.4) is 0 Å². The topological polar surface area (TPSA) is 35.6 Å². The van der Waals surface area contributed by atoms with E-state index in [0.717, 1.165) is 24.3 Å². The number of carbonyl (C=O) groups excluding carboxylic acids is 1. The normalized spacial score (nSPS) is 18.6. The van der Waals surface area contributed by atoms with Gasteiger partial charge in [-0.2, -0.15) is 11.8 Å². The van der Waals surface area contributed by atoms with Gasteiger partial charge in [0.1, 0.15) is 5.69 Å². The number of anilines is 2. The van der Waals surface area contributed by atoms with Crippen molar-refractivity contribution in [3.05, 3.63) is 23.8 Å². The summed E-state index contributed by atoms with van der Waals surface area (Å²) in [5.41, 5.74) is 0.186. The van der Waals surface area contributed by atoms with Crippen molar-refractivity contribution in [2.45, 2.75) is 12.8 Å². The van der Waals surface area contributed by atoms with Gasteiger partial charge in [0.05, 0.1) is 0 Å². The van der Waals surface area contributed by atoms with Crippen LogP contribution in [0.25, 0.3) is 0 Å². The lowest BCUT2D eigenvalue weighted by Gasteiger charge is -2.26. The first-order valence-electron chi connectivity index (χ1n) is 7.53. The van der Waals surface area contributed by atoms with E-state index in [1.54, 1.807) is 21.6 Å². The number of nitrogens with zero attached hydrogens (tertiary/aromatic N) is 2. The van der Waals surface area contributed by atoms with E-state index in [9.17, 15) is 13.6 Å². The zero-order valence-electron chi connectivity index (χ0n) is 12.3. The summed E-state index contributed by atoms with van der Waals surface area (Å²) in [5, 5.41) is 2.59. The Kier molecular flexibility index (Phi) is 4.71. The van der Waals surface area contributed by atoms with Gasteiger partial charge in [0.2, 0.25) is 0 Å². The van der Waals surface area contributed by atoms with Crippen molar-refractivity contribution >= 4 is 29.2 Å². The lowest BCUT2D eigenvalue weighted by atomic mass is 10.2. The van der Waals surface area contributed by atoms with Gasteiger partial charge in [0.15, 0.2) is 11.6 Å². The first kappa shape index (κ1) is 15.4. The smallest absolute Gasteiger partial charge is 0.321 e. The molecule has 22 heavy (non-hydrogen) atoms. The quantitative estimate of drug-likeness (QED) is 0.906. The molecule has 2 aliphatic heterocycles. The summed E-state index contributed by atoms with van der Waals surface area (Å²) in [6.45, 7) is 2.66. The molecule has 2 fully saturated rings. The fourth-order valence-electron chi connectivity index (χ4n) is 2.85. The van der Waals surface area contributed by atoms with Crippen LogP contribution in [0.15, 0.2) is 12.1 Å². The van der Waals surface area contributed by atoms with Gasteiger partial charge >= 0.3 is 6.03 Å². The molecule has 0 aromatic heterocycles. The number of rotatable bonds is 2. The van der Waals surface area contributed by atoms with Gasteiger partial charge < -0.3 is 15.1 Å². The molecule has 4 nitrogen and oxygen atoms in total. The summed E-state index contributed by atoms with van der Waals surface area (Å²) in [4.78, 5) is 15.5. The Labute approximate surface area is 132 Å². The molecule has 2 amide bonds. The number of halogens is 2. The number of hydrogen-bond donors (Lipinski definition) is 1. The van der Waals surface area contributed by atoms with E-state index in [1.165, 1.54) is 12.1 Å². The summed E-state index contributed by atoms with van der Waals surface area (Å²) in [7, 11) is 0. The number of benzene rings is 1. The number of carbonyl (C=O) groups is 1. The van der Waals surface area contributed by atoms with Crippen molar-refractivity contribution in [2.75, 3.05) is 47.9 Å². The van der Waals surface area contributed by atoms with Crippen LogP contribution in [0.2, 0.25) is 0 Å². The highest BCUT2D eigenvalue weighted by Gasteiger charge is 2.22. The second-order valence-corrected chi connectivity index (χ2v) is 6.74. The lowest BCUT2D eigenvalue weighted by Crippen LogP contribution is -2.40. The molecule has 2 heterocycles. The van der Waals surface area contributed by atoms with Crippen molar-refractivity contribution in [3.63, 3.8) is 0 Å². The van der Waals surface area contributed by atoms with Crippen LogP contribution in [0.1, 0.15) is 12.8 Å². The Morgan fingerprint density at radius 3 is 2.23 bits per heavy atom. The molecule has 0 unspecified atom stereocenters. The molecule has 0 aliphatic carbocycles. The molecule has 0 radical (unpaired) electrons. The molecule has 2 saturated heterocycles. The van der Waals surface area contributed by atoms with Crippen LogP contribution in [-0.2, 0) is 0 Å². The maximum atomic E-state index is 14.2. The molecule has 0 atom stereocenters. The molecule has 0 bridgehead atoms. The third kappa shape index (κ3) is 3.29. The molecule has 1 aromatic rings. The molecular formula is C15H19F2N3OS. The fraction of sp³-hybridized carbons (Fsp3) is 0.533. The van der Waals surface area contributed by atoms with Crippen LogP contribution < -0.4 is 10.2 Å². The lowest BCUT2D eigenvalue weighted by molar-refractivity contribution is 0.217. The SMILES string of the molecule is O=C(Nc1cc(F)c(N2CCCC2)c(F)c1)N1CCSCC1. The monoisotopic (exact) mass is 327 g/mol. The second-order valence-electron chi connectivity index (χ2n) is 5.51. The summed E-state index contributed by atoms with van der Waals surface area (Å²) < 4.78 is 28.4. The van der Waals surface area contributed by atoms with Crippen LogP contribution in [0, 0.1) is 11.6 Å². The minimum atomic E-state index is -0.619. The number of nitrogens with one attached hydrogen (secondary N) is 1. The Hall–Kier alpha value is -1.50. The summed E-state index contributed by atoms with van der Waals surface area (Å²) >= 11 is 1.80. The number of hydrogen-bond acceptors (Lipinski definition) is 3. The van der Waals surface area contributed by atoms with E-state index in [-0.39, 0.29) is 17.4 Å². The highest BCUT2D eigenvalue weighted by atomic mass is 32.2. The van der Waals surface area contributed by atoms with Crippen molar-refractivity contribution in [2.24, 2.45) is 0 Å². The van der Waals surface area contributed by atoms with Crippen molar-refractivity contribution in [1.82, 2.24) is 4.90 Å². The molecule has 1 N–H and O–H groups in total. The first-order chi connectivity index (χ1) is 10.6. The van der Waals surface area contributed by atoms with Crippen LogP contribution in [0.5, 0.6) is 0 Å². The highest BCUT2D eigenvalue weighted by molar-refractivity contribution is 7.99. The van der Waals surface area contributed by atoms with E-state index in [2.05, 4.69) is 5.32 Å². The van der Waals surface area contributed by atoms with E-state index in [0.29, 0.717) is 26.2 Å². The molecule has 1 aromatic carbocycles. The second kappa shape index (κ2) is 6.73. The Morgan fingerprint density at radius 2 is 1.64 bits per heavy atom. The number of urea groups is 1. The highest BCUT2D eigenvalue weighted by Crippen LogP contribution is 2.29. The zero-order valence-corrected chi connectivity index (χ0v) is 13.1. The minimum absolute atomic E-state index is 0.0184. The van der Waals surface area contributed by atoms with Gasteiger partial charge in [-0.15, -0.1) is 0 Å². The first-order valence-corrected chi connectivity index (χ1v) is 8.68. The van der Waals surface area contributed by atoms with E-state index >= 15 is 0 Å². The van der Waals surface area contributed by atoms with Crippen LogP contribution in [-0.4, -0.2) is 48.6 Å². The molecule has 120 valence electrons. The average molecular weight is 327 g/mol. The van der Waals surface area contributed by atoms with Gasteiger partial charge in [-0.25, -0.2) is 13.6 Å². The zero-order chi connectivity index (χ0) is 15.5. The van der Waals surface area contributed by atoms with Crippen molar-refractivity contribution in [1.29, 1.82) is 0 Å². The van der Waals surface area contributed by atoms with Gasteiger partial charge in [-0.05, 0) is 25.0 Å². The predicted molar refractivity (Wildman–Crippen MR) is 85.7 cm³/mol. The van der Waals surface area contributed by atoms with Gasteiger partial charge in [-0.3, -0.25) is 0 Å². The van der Waals surface area contributed by atoms with Crippen molar-refractivity contribution in [3.8, 4) is 0 Å². The Morgan fingerprint density at radius 1 is 1.05 bits per heavy atom. The minimum Gasteiger partial charge on any atom is -0.367 e. The maximum Gasteiger partial charge on any atom is 0.321 e. The molecule has 2 aliphatic rings. The largest absolute Gasteiger partial charge is 0.367 e. The average Bonchev–Trinajstić information content (AvgIpc) is 3.01.